The summed E-state index contributed by atoms with van der Waals surface area (Å²) in [6.45, 7) is 0.621. The second kappa shape index (κ2) is 7.69. The Bertz CT molecular complexity index is 1190. The number of fused-ring (bicyclic) bond motifs is 1. The third-order valence-corrected chi connectivity index (χ3v) is 6.25. The Morgan fingerprint density at radius 1 is 1.09 bits per heavy atom. The first-order valence-corrected chi connectivity index (χ1v) is 9.95. The van der Waals surface area contributed by atoms with Crippen LogP contribution < -0.4 is 5.32 Å². The summed E-state index contributed by atoms with van der Waals surface area (Å²) in [4.78, 5) is 24.1. The number of anilines is 1. The van der Waals surface area contributed by atoms with Crippen LogP contribution >= 0.6 is 0 Å². The van der Waals surface area contributed by atoms with Gasteiger partial charge in [0.1, 0.15) is 12.4 Å². The predicted octanol–water partition coefficient (Wildman–Crippen LogP) is 4.58. The van der Waals surface area contributed by atoms with Crippen LogP contribution in [0.3, 0.4) is 0 Å². The highest BCUT2D eigenvalue weighted by Gasteiger charge is 2.66. The van der Waals surface area contributed by atoms with Crippen LogP contribution in [0.1, 0.15) is 46.3 Å². The molecule has 1 heterocycles. The molecule has 0 bridgehead atoms. The van der Waals surface area contributed by atoms with Crippen molar-refractivity contribution in [2.24, 2.45) is 0 Å². The summed E-state index contributed by atoms with van der Waals surface area (Å²) >= 11 is 0. The molecule has 0 radical (unpaired) electrons. The van der Waals surface area contributed by atoms with Gasteiger partial charge in [0, 0.05) is 34.2 Å². The van der Waals surface area contributed by atoms with E-state index in [-0.39, 0.29) is 30.7 Å². The van der Waals surface area contributed by atoms with E-state index >= 15 is 0 Å². The number of amides is 1. The number of hydrogen-bond acceptors (Lipinski definition) is 4. The van der Waals surface area contributed by atoms with Crippen molar-refractivity contribution in [2.45, 2.75) is 50.0 Å². The molecule has 1 saturated carbocycles. The monoisotopic (exact) mass is 491 g/mol. The molecule has 5 nitrogen and oxygen atoms in total. The molecule has 0 spiro atoms. The quantitative estimate of drug-likeness (QED) is 0.278. The first-order chi connectivity index (χ1) is 15.7. The van der Waals surface area contributed by atoms with E-state index in [2.05, 4.69) is 0 Å². The van der Waals surface area contributed by atoms with E-state index < -0.39 is 69.9 Å². The molecule has 182 valence electrons. The first-order valence-electron chi connectivity index (χ1n) is 9.95. The van der Waals surface area contributed by atoms with Gasteiger partial charge in [-0.2, -0.15) is 13.2 Å². The molecule has 12 heteroatoms. The maximum Gasteiger partial charge on any atom is 0.426 e. The van der Waals surface area contributed by atoms with E-state index in [0.29, 0.717) is 5.56 Å². The highest BCUT2D eigenvalue weighted by molar-refractivity contribution is 5.99. The number of esters is 1. The number of alkyl halides is 3. The van der Waals surface area contributed by atoms with Gasteiger partial charge in [-0.25, -0.2) is 22.4 Å². The van der Waals surface area contributed by atoms with Crippen molar-refractivity contribution >= 4 is 17.6 Å². The fraction of sp³-hybridized carbons (Fsp3) is 0.364. The van der Waals surface area contributed by atoms with E-state index in [1.165, 1.54) is 12.1 Å². The Balaban J connectivity index is 1.69. The van der Waals surface area contributed by atoms with Crippen LogP contribution in [0.4, 0.5) is 36.4 Å². The van der Waals surface area contributed by atoms with E-state index in [9.17, 15) is 45.4 Å². The standard InChI is InChI=1S/C22H16F7NO4/c1-9-14(23)13(16(25)17(26)15(9)24)20(4-5-20)8-21(33,22(27,28)29)19(32)30-11-2-3-12-10(6-11)7-34-18(12)31/h2-3,6,33H,4-5,7-8H2,1H3,(H,30,32). The van der Waals surface area contributed by atoms with Crippen LogP contribution in [0.25, 0.3) is 0 Å². The van der Waals surface area contributed by atoms with E-state index in [1.54, 1.807) is 0 Å². The van der Waals surface area contributed by atoms with Gasteiger partial charge in [-0.3, -0.25) is 4.79 Å². The van der Waals surface area contributed by atoms with Gasteiger partial charge in [0.2, 0.25) is 5.60 Å². The maximum absolute atomic E-state index is 14.7. The van der Waals surface area contributed by atoms with Crippen LogP contribution in [0.15, 0.2) is 18.2 Å². The minimum absolute atomic E-state index is 0.153. The summed E-state index contributed by atoms with van der Waals surface area (Å²) in [5.74, 6) is -10.1. The van der Waals surface area contributed by atoms with Crippen molar-refractivity contribution in [2.75, 3.05) is 5.32 Å². The van der Waals surface area contributed by atoms with Gasteiger partial charge in [-0.05, 0) is 38.0 Å². The topological polar surface area (TPSA) is 75.6 Å². The molecule has 34 heavy (non-hydrogen) atoms. The van der Waals surface area contributed by atoms with Gasteiger partial charge < -0.3 is 15.2 Å². The second-order valence-corrected chi connectivity index (χ2v) is 8.47. The number of cyclic esters (lactones) is 1. The Hall–Kier alpha value is -3.15. The Kier molecular flexibility index (Phi) is 5.42. The van der Waals surface area contributed by atoms with Gasteiger partial charge in [-0.15, -0.1) is 0 Å². The number of benzene rings is 2. The van der Waals surface area contributed by atoms with Gasteiger partial charge in [-0.1, -0.05) is 0 Å². The number of hydrogen-bond donors (Lipinski definition) is 2. The first kappa shape index (κ1) is 24.0. The fourth-order valence-corrected chi connectivity index (χ4v) is 4.13. The largest absolute Gasteiger partial charge is 0.457 e. The Morgan fingerprint density at radius 2 is 1.74 bits per heavy atom. The number of halogens is 7. The SMILES string of the molecule is Cc1c(F)c(F)c(F)c(C2(CC(O)(C(=O)Nc3ccc4c(c3)COC4=O)C(F)(F)F)CC2)c1F. The summed E-state index contributed by atoms with van der Waals surface area (Å²) in [5.41, 5.74) is -8.06. The number of ether oxygens (including phenoxy) is 1. The van der Waals surface area contributed by atoms with Crippen LogP contribution in [-0.2, 0) is 21.6 Å². The van der Waals surface area contributed by atoms with E-state index in [1.807, 2.05) is 5.32 Å². The lowest BCUT2D eigenvalue weighted by Gasteiger charge is -2.33. The summed E-state index contributed by atoms with van der Waals surface area (Å²) in [6, 6.07) is 3.51. The van der Waals surface area contributed by atoms with Crippen molar-refractivity contribution in [3.05, 3.63) is 63.7 Å². The molecule has 2 aliphatic rings. The zero-order chi connectivity index (χ0) is 25.2. The molecule has 2 aromatic rings. The third-order valence-electron chi connectivity index (χ3n) is 6.25. The zero-order valence-corrected chi connectivity index (χ0v) is 17.4. The van der Waals surface area contributed by atoms with Crippen molar-refractivity contribution in [1.82, 2.24) is 0 Å². The average Bonchev–Trinajstić information content (AvgIpc) is 3.43. The predicted molar refractivity (Wildman–Crippen MR) is 102 cm³/mol. The summed E-state index contributed by atoms with van der Waals surface area (Å²) < 4.78 is 103. The maximum atomic E-state index is 14.7. The van der Waals surface area contributed by atoms with Gasteiger partial charge in [0.15, 0.2) is 17.5 Å². The Morgan fingerprint density at radius 3 is 2.32 bits per heavy atom. The number of aliphatic hydroxyl groups is 1. The lowest BCUT2D eigenvalue weighted by atomic mass is 9.80. The molecule has 0 aromatic heterocycles. The molecular formula is C22H16F7NO4. The number of nitrogens with one attached hydrogen (secondary N) is 1. The highest BCUT2D eigenvalue weighted by Crippen LogP contribution is 2.57. The number of carbonyl (C=O) groups excluding carboxylic acids is 2. The van der Waals surface area contributed by atoms with Crippen molar-refractivity contribution in [3.8, 4) is 0 Å². The molecule has 1 aliphatic heterocycles. The van der Waals surface area contributed by atoms with E-state index in [0.717, 1.165) is 13.0 Å². The smallest absolute Gasteiger partial charge is 0.426 e. The summed E-state index contributed by atoms with van der Waals surface area (Å²) in [5, 5.41) is 12.4. The molecule has 1 atom stereocenters. The molecular weight excluding hydrogens is 475 g/mol. The molecule has 2 N–H and O–H groups in total. The van der Waals surface area contributed by atoms with Crippen molar-refractivity contribution in [1.29, 1.82) is 0 Å². The van der Waals surface area contributed by atoms with Crippen molar-refractivity contribution < 1.29 is 50.2 Å². The van der Waals surface area contributed by atoms with Crippen LogP contribution in [0.2, 0.25) is 0 Å². The second-order valence-electron chi connectivity index (χ2n) is 8.47. The fourth-order valence-electron chi connectivity index (χ4n) is 4.13. The number of rotatable bonds is 5. The minimum atomic E-state index is -5.59. The third kappa shape index (κ3) is 3.60. The van der Waals surface area contributed by atoms with E-state index in [4.69, 9.17) is 4.74 Å². The highest BCUT2D eigenvalue weighted by atomic mass is 19.4. The summed E-state index contributed by atoms with van der Waals surface area (Å²) in [7, 11) is 0. The van der Waals surface area contributed by atoms with Crippen molar-refractivity contribution in [3.63, 3.8) is 0 Å². The Labute approximate surface area is 187 Å². The molecule has 1 aliphatic carbocycles. The lowest BCUT2D eigenvalue weighted by molar-refractivity contribution is -0.253. The van der Waals surface area contributed by atoms with Crippen LogP contribution in [-0.4, -0.2) is 28.8 Å². The van der Waals surface area contributed by atoms with Gasteiger partial charge >= 0.3 is 12.1 Å². The zero-order valence-electron chi connectivity index (χ0n) is 17.4. The molecule has 1 fully saturated rings. The molecule has 1 unspecified atom stereocenters. The normalized spacial score (nSPS) is 18.2. The van der Waals surface area contributed by atoms with Crippen LogP contribution in [0, 0.1) is 30.2 Å². The molecule has 2 aromatic carbocycles. The molecule has 1 amide bonds. The average molecular weight is 491 g/mol. The molecule has 0 saturated heterocycles. The molecule has 4 rings (SSSR count). The summed E-state index contributed by atoms with van der Waals surface area (Å²) in [6.07, 6.45) is -7.74. The minimum Gasteiger partial charge on any atom is -0.457 e. The number of carbonyl (C=O) groups is 2. The van der Waals surface area contributed by atoms with Gasteiger partial charge in [0.25, 0.3) is 5.91 Å². The lowest BCUT2D eigenvalue weighted by Crippen LogP contribution is -2.56. The van der Waals surface area contributed by atoms with Gasteiger partial charge in [0.05, 0.1) is 5.56 Å². The van der Waals surface area contributed by atoms with Crippen LogP contribution in [0.5, 0.6) is 0 Å².